The highest BCUT2D eigenvalue weighted by atomic mass is 35.5. The molecule has 188 valence electrons. The number of halogens is 2. The van der Waals surface area contributed by atoms with Crippen LogP contribution in [0.2, 0.25) is 10.0 Å². The zero-order valence-electron chi connectivity index (χ0n) is 20.0. The topological polar surface area (TPSA) is 59.1 Å². The number of hydrogen-bond acceptors (Lipinski definition) is 5. The predicted molar refractivity (Wildman–Crippen MR) is 147 cm³/mol. The first-order chi connectivity index (χ1) is 17.5. The fourth-order valence-electron chi connectivity index (χ4n) is 5.13. The molecule has 2 fully saturated rings. The average molecular weight is 525 g/mol. The number of carbonyl (C=O) groups excluding carboxylic acids is 1. The van der Waals surface area contributed by atoms with E-state index in [4.69, 9.17) is 23.2 Å². The minimum Gasteiger partial charge on any atom is -0.390 e. The molecule has 5 rings (SSSR count). The number of amides is 1. The normalized spacial score (nSPS) is 20.9. The molecule has 0 spiro atoms. The maximum absolute atomic E-state index is 13.6. The Morgan fingerprint density at radius 3 is 2.39 bits per heavy atom. The molecule has 2 aliphatic heterocycles. The lowest BCUT2D eigenvalue weighted by Gasteiger charge is -2.29. The van der Waals surface area contributed by atoms with Gasteiger partial charge in [-0.05, 0) is 61.0 Å². The van der Waals surface area contributed by atoms with Crippen LogP contribution >= 0.6 is 23.2 Å². The van der Waals surface area contributed by atoms with Gasteiger partial charge in [-0.3, -0.25) is 9.69 Å². The molecule has 0 unspecified atom stereocenters. The van der Waals surface area contributed by atoms with E-state index in [1.807, 2.05) is 42.5 Å². The summed E-state index contributed by atoms with van der Waals surface area (Å²) in [5.74, 6) is -0.107. The average Bonchev–Trinajstić information content (AvgIpc) is 3.10. The standard InChI is InChI=1S/C28H30Cl2N4O2/c29-20-7-10-23(11-8-20)32-13-4-14-33(16-15-32)26-18-34(19-27(26)35)28(36)24-12-9-21(30)17-25(24)31-22-5-2-1-3-6-22/h1-3,5-12,17,26-27,31,35H,4,13-16,18-19H2/t26-,27-/m0/s1. The SMILES string of the molecule is O=C(c1ccc(Cl)cc1Nc1ccccc1)N1C[C@H](O)[C@@H](N2CCCN(c3ccc(Cl)cc3)CC2)C1. The van der Waals surface area contributed by atoms with Gasteiger partial charge in [0.25, 0.3) is 5.91 Å². The van der Waals surface area contributed by atoms with E-state index >= 15 is 0 Å². The molecule has 2 atom stereocenters. The number of nitrogens with one attached hydrogen (secondary N) is 1. The number of β-amino-alcohol motifs (C(OH)–C–C–N with tert-alkyl or cyclic N) is 1. The Morgan fingerprint density at radius 1 is 0.861 bits per heavy atom. The van der Waals surface area contributed by atoms with E-state index in [1.165, 1.54) is 0 Å². The number of anilines is 3. The lowest BCUT2D eigenvalue weighted by Crippen LogP contribution is -2.45. The zero-order chi connectivity index (χ0) is 25.1. The summed E-state index contributed by atoms with van der Waals surface area (Å²) in [6, 6.07) is 22.8. The van der Waals surface area contributed by atoms with Gasteiger partial charge >= 0.3 is 0 Å². The van der Waals surface area contributed by atoms with Gasteiger partial charge in [-0.2, -0.15) is 0 Å². The maximum atomic E-state index is 13.6. The molecule has 36 heavy (non-hydrogen) atoms. The second kappa shape index (κ2) is 11.1. The van der Waals surface area contributed by atoms with Gasteiger partial charge in [0.2, 0.25) is 0 Å². The van der Waals surface area contributed by atoms with Crippen molar-refractivity contribution < 1.29 is 9.90 Å². The molecule has 2 aliphatic rings. The second-order valence-electron chi connectivity index (χ2n) is 9.38. The summed E-state index contributed by atoms with van der Waals surface area (Å²) < 4.78 is 0. The molecular weight excluding hydrogens is 495 g/mol. The van der Waals surface area contributed by atoms with Gasteiger partial charge in [-0.15, -0.1) is 0 Å². The van der Waals surface area contributed by atoms with Crippen molar-refractivity contribution in [2.75, 3.05) is 49.5 Å². The molecule has 1 amide bonds. The van der Waals surface area contributed by atoms with Gasteiger partial charge in [-0.25, -0.2) is 0 Å². The van der Waals surface area contributed by atoms with Crippen molar-refractivity contribution in [2.24, 2.45) is 0 Å². The fraction of sp³-hybridized carbons (Fsp3) is 0.321. The zero-order valence-corrected chi connectivity index (χ0v) is 21.5. The van der Waals surface area contributed by atoms with Crippen LogP contribution in [0.15, 0.2) is 72.8 Å². The van der Waals surface area contributed by atoms with E-state index in [1.54, 1.807) is 23.1 Å². The minimum absolute atomic E-state index is 0.0862. The number of rotatable bonds is 5. The van der Waals surface area contributed by atoms with Crippen LogP contribution in [0, 0.1) is 0 Å². The number of carbonyl (C=O) groups is 1. The fourth-order valence-corrected chi connectivity index (χ4v) is 5.43. The van der Waals surface area contributed by atoms with Gasteiger partial charge in [-0.1, -0.05) is 41.4 Å². The number of hydrogen-bond donors (Lipinski definition) is 2. The molecule has 3 aromatic carbocycles. The van der Waals surface area contributed by atoms with E-state index in [-0.39, 0.29) is 11.9 Å². The smallest absolute Gasteiger partial charge is 0.256 e. The molecular formula is C28H30Cl2N4O2. The Balaban J connectivity index is 1.27. The van der Waals surface area contributed by atoms with Crippen LogP contribution in [-0.4, -0.2) is 72.2 Å². The highest BCUT2D eigenvalue weighted by molar-refractivity contribution is 6.31. The van der Waals surface area contributed by atoms with Crippen LogP contribution in [0.4, 0.5) is 17.1 Å². The highest BCUT2D eigenvalue weighted by Crippen LogP contribution is 2.28. The summed E-state index contributed by atoms with van der Waals surface area (Å²) in [5, 5.41) is 15.6. The van der Waals surface area contributed by atoms with Crippen molar-refractivity contribution in [1.29, 1.82) is 0 Å². The van der Waals surface area contributed by atoms with Crippen molar-refractivity contribution in [2.45, 2.75) is 18.6 Å². The summed E-state index contributed by atoms with van der Waals surface area (Å²) in [6.07, 6.45) is 0.399. The number of nitrogens with zero attached hydrogens (tertiary/aromatic N) is 3. The lowest BCUT2D eigenvalue weighted by atomic mass is 10.1. The number of likely N-dealkylation sites (tertiary alicyclic amines) is 1. The van der Waals surface area contributed by atoms with E-state index in [0.29, 0.717) is 29.4 Å². The number of para-hydroxylation sites is 1. The van der Waals surface area contributed by atoms with Crippen molar-refractivity contribution >= 4 is 46.2 Å². The largest absolute Gasteiger partial charge is 0.390 e. The number of aliphatic hydroxyl groups excluding tert-OH is 1. The van der Waals surface area contributed by atoms with Crippen LogP contribution in [0.3, 0.4) is 0 Å². The Hall–Kier alpha value is -2.77. The summed E-state index contributed by atoms with van der Waals surface area (Å²) >= 11 is 12.3. The molecule has 8 heteroatoms. The van der Waals surface area contributed by atoms with Crippen LogP contribution in [0.1, 0.15) is 16.8 Å². The summed E-state index contributed by atoms with van der Waals surface area (Å²) in [4.78, 5) is 20.0. The monoisotopic (exact) mass is 524 g/mol. The minimum atomic E-state index is -0.589. The quantitative estimate of drug-likeness (QED) is 0.484. The maximum Gasteiger partial charge on any atom is 0.256 e. The van der Waals surface area contributed by atoms with Gasteiger partial charge in [0.05, 0.1) is 23.4 Å². The Kier molecular flexibility index (Phi) is 7.67. The van der Waals surface area contributed by atoms with Crippen molar-refractivity contribution in [3.8, 4) is 0 Å². The molecule has 2 saturated heterocycles. The molecule has 0 bridgehead atoms. The van der Waals surface area contributed by atoms with Crippen LogP contribution < -0.4 is 10.2 Å². The van der Waals surface area contributed by atoms with E-state index in [2.05, 4.69) is 27.2 Å². The first-order valence-electron chi connectivity index (χ1n) is 12.3. The van der Waals surface area contributed by atoms with Gasteiger partial charge in [0, 0.05) is 60.7 Å². The van der Waals surface area contributed by atoms with Gasteiger partial charge < -0.3 is 20.2 Å². The number of benzene rings is 3. The lowest BCUT2D eigenvalue weighted by molar-refractivity contribution is 0.0762. The second-order valence-corrected chi connectivity index (χ2v) is 10.3. The molecule has 0 aromatic heterocycles. The molecule has 0 saturated carbocycles. The summed E-state index contributed by atoms with van der Waals surface area (Å²) in [5.41, 5.74) is 3.24. The molecule has 0 aliphatic carbocycles. The molecule has 2 heterocycles. The summed E-state index contributed by atoms with van der Waals surface area (Å²) in [7, 11) is 0. The first kappa shape index (κ1) is 24.9. The van der Waals surface area contributed by atoms with E-state index in [0.717, 1.165) is 49.0 Å². The van der Waals surface area contributed by atoms with Crippen LogP contribution in [0.25, 0.3) is 0 Å². The summed E-state index contributed by atoms with van der Waals surface area (Å²) in [6.45, 7) is 4.33. The van der Waals surface area contributed by atoms with Gasteiger partial charge in [0.1, 0.15) is 0 Å². The molecule has 3 aromatic rings. The third-order valence-corrected chi connectivity index (χ3v) is 7.49. The third kappa shape index (κ3) is 5.62. The van der Waals surface area contributed by atoms with Crippen LogP contribution in [0.5, 0.6) is 0 Å². The molecule has 2 N–H and O–H groups in total. The number of aliphatic hydroxyl groups is 1. The van der Waals surface area contributed by atoms with E-state index < -0.39 is 6.10 Å². The molecule has 6 nitrogen and oxygen atoms in total. The first-order valence-corrected chi connectivity index (χ1v) is 13.1. The highest BCUT2D eigenvalue weighted by Gasteiger charge is 2.38. The predicted octanol–water partition coefficient (Wildman–Crippen LogP) is 5.13. The van der Waals surface area contributed by atoms with E-state index in [9.17, 15) is 9.90 Å². The Labute approximate surface area is 222 Å². The van der Waals surface area contributed by atoms with Crippen molar-refractivity contribution in [3.05, 3.63) is 88.4 Å². The van der Waals surface area contributed by atoms with Crippen molar-refractivity contribution in [3.63, 3.8) is 0 Å². The van der Waals surface area contributed by atoms with Crippen molar-refractivity contribution in [1.82, 2.24) is 9.80 Å². The Morgan fingerprint density at radius 2 is 1.61 bits per heavy atom. The van der Waals surface area contributed by atoms with Gasteiger partial charge in [0.15, 0.2) is 0 Å². The van der Waals surface area contributed by atoms with Crippen LogP contribution in [-0.2, 0) is 0 Å². The third-order valence-electron chi connectivity index (χ3n) is 7.00. The Bertz CT molecular complexity index is 1190. The molecule has 0 radical (unpaired) electrons.